The predicted octanol–water partition coefficient (Wildman–Crippen LogP) is 4.68. The summed E-state index contributed by atoms with van der Waals surface area (Å²) in [5, 5.41) is 1.21. The third-order valence-electron chi connectivity index (χ3n) is 3.34. The lowest BCUT2D eigenvalue weighted by Gasteiger charge is -2.32. The molecule has 0 radical (unpaired) electrons. The summed E-state index contributed by atoms with van der Waals surface area (Å²) in [5.41, 5.74) is 2.38. The highest BCUT2D eigenvalue weighted by Gasteiger charge is 2.29. The van der Waals surface area contributed by atoms with Gasteiger partial charge in [-0.1, -0.05) is 30.3 Å². The second kappa shape index (κ2) is 8.92. The number of hydrogen-bond acceptors (Lipinski definition) is 4. The molecule has 1 unspecified atom stereocenters. The Morgan fingerprint density at radius 3 is 2.04 bits per heavy atom. The molecule has 146 valence electrons. The second-order valence-corrected chi connectivity index (χ2v) is 8.34. The van der Waals surface area contributed by atoms with E-state index in [0.717, 1.165) is 6.42 Å². The van der Waals surface area contributed by atoms with Crippen LogP contribution in [0, 0.1) is 0 Å². The molecule has 1 N–H and O–H groups in total. The Morgan fingerprint density at radius 2 is 1.54 bits per heavy atom. The maximum absolute atomic E-state index is 12.5. The van der Waals surface area contributed by atoms with Crippen LogP contribution in [0.4, 0.5) is 9.59 Å². The Balaban J connectivity index is 2.81. The Kier molecular flexibility index (Phi) is 7.48. The van der Waals surface area contributed by atoms with Crippen molar-refractivity contribution in [3.05, 3.63) is 35.9 Å². The molecule has 0 bridgehead atoms. The molecule has 1 rings (SSSR count). The van der Waals surface area contributed by atoms with E-state index in [-0.39, 0.29) is 6.04 Å². The van der Waals surface area contributed by atoms with Gasteiger partial charge in [0.05, 0.1) is 6.04 Å². The van der Waals surface area contributed by atoms with Crippen LogP contribution in [-0.2, 0) is 15.9 Å². The third-order valence-corrected chi connectivity index (χ3v) is 3.34. The van der Waals surface area contributed by atoms with Crippen molar-refractivity contribution in [3.63, 3.8) is 0 Å². The smallest absolute Gasteiger partial charge is 0.429 e. The van der Waals surface area contributed by atoms with E-state index in [1.807, 2.05) is 37.3 Å². The highest BCUT2D eigenvalue weighted by Crippen LogP contribution is 2.15. The van der Waals surface area contributed by atoms with E-state index < -0.39 is 23.4 Å². The van der Waals surface area contributed by atoms with Crippen molar-refractivity contribution in [2.24, 2.45) is 0 Å². The van der Waals surface area contributed by atoms with Gasteiger partial charge in [0.2, 0.25) is 0 Å². The molecule has 0 saturated heterocycles. The van der Waals surface area contributed by atoms with Crippen LogP contribution in [-0.4, -0.2) is 34.4 Å². The number of hydrazine groups is 1. The number of nitrogens with one attached hydrogen (secondary N) is 1. The summed E-state index contributed by atoms with van der Waals surface area (Å²) in [6.45, 7) is 12.5. The van der Waals surface area contributed by atoms with Gasteiger partial charge in [-0.25, -0.2) is 20.0 Å². The summed E-state index contributed by atoms with van der Waals surface area (Å²) in [4.78, 5) is 24.7. The van der Waals surface area contributed by atoms with Gasteiger partial charge in [-0.05, 0) is 66.9 Å². The lowest BCUT2D eigenvalue weighted by Crippen LogP contribution is -2.53. The lowest BCUT2D eigenvalue weighted by atomic mass is 10.1. The fourth-order valence-electron chi connectivity index (χ4n) is 2.20. The summed E-state index contributed by atoms with van der Waals surface area (Å²) >= 11 is 0. The zero-order chi connectivity index (χ0) is 20.0. The van der Waals surface area contributed by atoms with E-state index in [1.54, 1.807) is 41.5 Å². The number of carbonyl (C=O) groups excluding carboxylic acids is 2. The third kappa shape index (κ3) is 8.74. The molecule has 0 spiro atoms. The van der Waals surface area contributed by atoms with Gasteiger partial charge in [0.25, 0.3) is 0 Å². The summed E-state index contributed by atoms with van der Waals surface area (Å²) in [7, 11) is 0. The van der Waals surface area contributed by atoms with E-state index in [4.69, 9.17) is 9.47 Å². The van der Waals surface area contributed by atoms with Crippen LogP contribution in [0.1, 0.15) is 60.5 Å². The standard InChI is InChI=1S/C20H32N2O4/c1-15(13-14-16-11-9-8-10-12-16)22(18(24)26-20(5,6)7)21-17(23)25-19(2,3)4/h8-12,15H,13-14H2,1-7H3,(H,21,23). The first-order chi connectivity index (χ1) is 11.9. The maximum Gasteiger partial charge on any atom is 0.429 e. The van der Waals surface area contributed by atoms with Crippen molar-refractivity contribution in [1.29, 1.82) is 0 Å². The minimum absolute atomic E-state index is 0.266. The molecule has 6 nitrogen and oxygen atoms in total. The maximum atomic E-state index is 12.5. The molecule has 1 aromatic rings. The van der Waals surface area contributed by atoms with Crippen LogP contribution in [0.2, 0.25) is 0 Å². The first-order valence-electron chi connectivity index (χ1n) is 8.93. The van der Waals surface area contributed by atoms with E-state index >= 15 is 0 Å². The Bertz CT molecular complexity index is 588. The molecular weight excluding hydrogens is 332 g/mol. The van der Waals surface area contributed by atoms with Gasteiger partial charge in [0.1, 0.15) is 11.2 Å². The monoisotopic (exact) mass is 364 g/mol. The number of benzene rings is 1. The quantitative estimate of drug-likeness (QED) is 0.787. The first kappa shape index (κ1) is 21.8. The van der Waals surface area contributed by atoms with Gasteiger partial charge < -0.3 is 9.47 Å². The molecule has 26 heavy (non-hydrogen) atoms. The molecular formula is C20H32N2O4. The largest absolute Gasteiger partial charge is 0.443 e. The van der Waals surface area contributed by atoms with Crippen LogP contribution >= 0.6 is 0 Å². The van der Waals surface area contributed by atoms with Crippen molar-refractivity contribution in [2.45, 2.75) is 78.6 Å². The molecule has 0 aliphatic carbocycles. The number of ether oxygens (including phenoxy) is 2. The van der Waals surface area contributed by atoms with Gasteiger partial charge in [0.15, 0.2) is 0 Å². The summed E-state index contributed by atoms with van der Waals surface area (Å²) in [6.07, 6.45) is 0.148. The number of rotatable bonds is 4. The Morgan fingerprint density at radius 1 is 1.00 bits per heavy atom. The van der Waals surface area contributed by atoms with E-state index in [9.17, 15) is 9.59 Å². The molecule has 0 aliphatic rings. The van der Waals surface area contributed by atoms with Gasteiger partial charge in [-0.2, -0.15) is 0 Å². The average Bonchev–Trinajstić information content (AvgIpc) is 2.47. The fraction of sp³-hybridized carbons (Fsp3) is 0.600. The number of carbonyl (C=O) groups is 2. The zero-order valence-corrected chi connectivity index (χ0v) is 17.0. The molecule has 0 heterocycles. The van der Waals surface area contributed by atoms with Crippen molar-refractivity contribution in [3.8, 4) is 0 Å². The van der Waals surface area contributed by atoms with Gasteiger partial charge >= 0.3 is 12.2 Å². The number of aryl methyl sites for hydroxylation is 1. The summed E-state index contributed by atoms with van der Waals surface area (Å²) < 4.78 is 10.7. The average molecular weight is 364 g/mol. The Labute approximate surface area is 156 Å². The topological polar surface area (TPSA) is 67.9 Å². The summed E-state index contributed by atoms with van der Waals surface area (Å²) in [5.74, 6) is 0. The van der Waals surface area contributed by atoms with Crippen LogP contribution < -0.4 is 5.43 Å². The molecule has 0 fully saturated rings. The van der Waals surface area contributed by atoms with Crippen molar-refractivity contribution in [2.75, 3.05) is 0 Å². The normalized spacial score (nSPS) is 12.9. The molecule has 1 aromatic carbocycles. The summed E-state index contributed by atoms with van der Waals surface area (Å²) in [6, 6.07) is 9.72. The minimum Gasteiger partial charge on any atom is -0.443 e. The van der Waals surface area contributed by atoms with Crippen LogP contribution in [0.15, 0.2) is 30.3 Å². The minimum atomic E-state index is -0.685. The number of nitrogens with zero attached hydrogens (tertiary/aromatic N) is 1. The van der Waals surface area contributed by atoms with Crippen molar-refractivity contribution in [1.82, 2.24) is 10.4 Å². The predicted molar refractivity (Wildman–Crippen MR) is 102 cm³/mol. The zero-order valence-electron chi connectivity index (χ0n) is 17.0. The van der Waals surface area contributed by atoms with Gasteiger partial charge in [0, 0.05) is 0 Å². The van der Waals surface area contributed by atoms with Gasteiger partial charge in [-0.15, -0.1) is 0 Å². The van der Waals surface area contributed by atoms with E-state index in [2.05, 4.69) is 5.43 Å². The lowest BCUT2D eigenvalue weighted by molar-refractivity contribution is -0.00848. The molecule has 0 aromatic heterocycles. The van der Waals surface area contributed by atoms with E-state index in [1.165, 1.54) is 10.6 Å². The van der Waals surface area contributed by atoms with Crippen LogP contribution in [0.5, 0.6) is 0 Å². The van der Waals surface area contributed by atoms with Crippen LogP contribution in [0.3, 0.4) is 0 Å². The number of hydrogen-bond donors (Lipinski definition) is 1. The van der Waals surface area contributed by atoms with E-state index in [0.29, 0.717) is 6.42 Å². The molecule has 6 heteroatoms. The molecule has 0 saturated carbocycles. The fourth-order valence-corrected chi connectivity index (χ4v) is 2.20. The SMILES string of the molecule is CC(CCc1ccccc1)N(NC(=O)OC(C)(C)C)C(=O)OC(C)(C)C. The first-order valence-corrected chi connectivity index (χ1v) is 8.93. The van der Waals surface area contributed by atoms with Crippen molar-refractivity contribution < 1.29 is 19.1 Å². The molecule has 0 aliphatic heterocycles. The molecule has 1 atom stereocenters. The number of amides is 2. The Hall–Kier alpha value is -2.24. The van der Waals surface area contributed by atoms with Gasteiger partial charge in [-0.3, -0.25) is 0 Å². The second-order valence-electron chi connectivity index (χ2n) is 8.34. The highest BCUT2D eigenvalue weighted by molar-refractivity contribution is 5.74. The highest BCUT2D eigenvalue weighted by atomic mass is 16.6. The molecule has 2 amide bonds. The van der Waals surface area contributed by atoms with Crippen LogP contribution in [0.25, 0.3) is 0 Å². The van der Waals surface area contributed by atoms with Crippen molar-refractivity contribution >= 4 is 12.2 Å².